The summed E-state index contributed by atoms with van der Waals surface area (Å²) in [6.45, 7) is 6.00. The van der Waals surface area contributed by atoms with Crippen molar-refractivity contribution >= 4 is 17.5 Å². The summed E-state index contributed by atoms with van der Waals surface area (Å²) in [7, 11) is 0. The number of nitrogens with zero attached hydrogens (tertiary/aromatic N) is 3. The standard InChI is InChI=1S/C21H21N3O3S/c1-21(2,3)18(25)12-28-20-23-22-19(24(20)15-7-5-4-6-8-15)14-9-10-16-17(11-14)27-13-26-16/h4-11H,12-13H2,1-3H3. The molecule has 1 aliphatic rings. The van der Waals surface area contributed by atoms with Crippen molar-refractivity contribution in [2.45, 2.75) is 25.9 Å². The summed E-state index contributed by atoms with van der Waals surface area (Å²) >= 11 is 1.40. The van der Waals surface area contributed by atoms with Gasteiger partial charge in [0.1, 0.15) is 5.78 Å². The summed E-state index contributed by atoms with van der Waals surface area (Å²) < 4.78 is 12.9. The Morgan fingerprint density at radius 3 is 2.57 bits per heavy atom. The molecule has 3 aromatic rings. The summed E-state index contributed by atoms with van der Waals surface area (Å²) in [6.07, 6.45) is 0. The summed E-state index contributed by atoms with van der Waals surface area (Å²) in [5.41, 5.74) is 1.42. The maximum atomic E-state index is 12.4. The molecule has 0 bridgehead atoms. The zero-order valence-electron chi connectivity index (χ0n) is 16.0. The number of ketones is 1. The van der Waals surface area contributed by atoms with Gasteiger partial charge in [0.2, 0.25) is 6.79 Å². The highest BCUT2D eigenvalue weighted by molar-refractivity contribution is 7.99. The Morgan fingerprint density at radius 1 is 1.07 bits per heavy atom. The second kappa shape index (κ2) is 7.31. The fraction of sp³-hybridized carbons (Fsp3) is 0.286. The molecule has 144 valence electrons. The van der Waals surface area contributed by atoms with E-state index in [1.54, 1.807) is 0 Å². The highest BCUT2D eigenvalue weighted by Crippen LogP contribution is 2.37. The lowest BCUT2D eigenvalue weighted by molar-refractivity contribution is -0.123. The number of hydrogen-bond acceptors (Lipinski definition) is 6. The first-order chi connectivity index (χ1) is 13.4. The molecule has 0 atom stereocenters. The van der Waals surface area contributed by atoms with E-state index in [4.69, 9.17) is 9.47 Å². The molecule has 0 saturated carbocycles. The minimum absolute atomic E-state index is 0.171. The maximum absolute atomic E-state index is 12.4. The van der Waals surface area contributed by atoms with Crippen molar-refractivity contribution in [3.05, 3.63) is 48.5 Å². The highest BCUT2D eigenvalue weighted by Gasteiger charge is 2.24. The third-order valence-electron chi connectivity index (χ3n) is 4.45. The smallest absolute Gasteiger partial charge is 0.231 e. The molecule has 0 unspecified atom stereocenters. The first-order valence-corrected chi connectivity index (χ1v) is 9.99. The number of thioether (sulfide) groups is 1. The number of hydrogen-bond donors (Lipinski definition) is 0. The third kappa shape index (κ3) is 3.62. The van der Waals surface area contributed by atoms with E-state index in [1.807, 2.05) is 73.9 Å². The van der Waals surface area contributed by atoms with E-state index in [-0.39, 0.29) is 18.0 Å². The van der Waals surface area contributed by atoms with E-state index in [9.17, 15) is 4.79 Å². The van der Waals surface area contributed by atoms with Crippen LogP contribution in [0.1, 0.15) is 20.8 Å². The molecular formula is C21H21N3O3S. The predicted molar refractivity (Wildman–Crippen MR) is 108 cm³/mol. The van der Waals surface area contributed by atoms with Gasteiger partial charge >= 0.3 is 0 Å². The van der Waals surface area contributed by atoms with Crippen molar-refractivity contribution in [3.8, 4) is 28.6 Å². The van der Waals surface area contributed by atoms with Crippen LogP contribution in [0.25, 0.3) is 17.1 Å². The second-order valence-electron chi connectivity index (χ2n) is 7.51. The lowest BCUT2D eigenvalue weighted by Crippen LogP contribution is -2.22. The molecule has 0 amide bonds. The number of rotatable bonds is 5. The van der Waals surface area contributed by atoms with Crippen molar-refractivity contribution in [1.82, 2.24) is 14.8 Å². The van der Waals surface area contributed by atoms with Crippen LogP contribution in [0, 0.1) is 5.41 Å². The molecule has 1 aromatic heterocycles. The van der Waals surface area contributed by atoms with Gasteiger partial charge in [-0.05, 0) is 30.3 Å². The number of ether oxygens (including phenoxy) is 2. The summed E-state index contributed by atoms with van der Waals surface area (Å²) in [6, 6.07) is 15.6. The van der Waals surface area contributed by atoms with Crippen LogP contribution in [-0.4, -0.2) is 33.1 Å². The van der Waals surface area contributed by atoms with Crippen molar-refractivity contribution in [3.63, 3.8) is 0 Å². The van der Waals surface area contributed by atoms with Gasteiger partial charge in [-0.15, -0.1) is 10.2 Å². The zero-order valence-corrected chi connectivity index (χ0v) is 16.8. The molecule has 28 heavy (non-hydrogen) atoms. The zero-order chi connectivity index (χ0) is 19.7. The topological polar surface area (TPSA) is 66.2 Å². The molecule has 4 rings (SSSR count). The molecule has 0 aliphatic carbocycles. The maximum Gasteiger partial charge on any atom is 0.231 e. The number of benzene rings is 2. The number of aromatic nitrogens is 3. The average Bonchev–Trinajstić information content (AvgIpc) is 3.32. The molecular weight excluding hydrogens is 374 g/mol. The van der Waals surface area contributed by atoms with Crippen LogP contribution in [0.4, 0.5) is 0 Å². The van der Waals surface area contributed by atoms with Gasteiger partial charge in [-0.3, -0.25) is 9.36 Å². The summed E-state index contributed by atoms with van der Waals surface area (Å²) in [5.74, 6) is 2.62. The van der Waals surface area contributed by atoms with Gasteiger partial charge in [-0.2, -0.15) is 0 Å². The number of carbonyl (C=O) groups is 1. The number of para-hydroxylation sites is 1. The van der Waals surface area contributed by atoms with Gasteiger partial charge in [0.05, 0.1) is 5.75 Å². The van der Waals surface area contributed by atoms with Gasteiger partial charge in [0.25, 0.3) is 0 Å². The average molecular weight is 395 g/mol. The largest absolute Gasteiger partial charge is 0.454 e. The molecule has 0 spiro atoms. The van der Waals surface area contributed by atoms with Crippen molar-refractivity contribution in [2.24, 2.45) is 5.41 Å². The van der Waals surface area contributed by atoms with Crippen molar-refractivity contribution < 1.29 is 14.3 Å². The van der Waals surface area contributed by atoms with Gasteiger partial charge in [0.15, 0.2) is 22.5 Å². The molecule has 0 radical (unpaired) electrons. The summed E-state index contributed by atoms with van der Waals surface area (Å²) in [5, 5.41) is 9.46. The van der Waals surface area contributed by atoms with Crippen LogP contribution in [-0.2, 0) is 4.79 Å². The molecule has 7 heteroatoms. The molecule has 2 heterocycles. The first kappa shape index (κ1) is 18.6. The quantitative estimate of drug-likeness (QED) is 0.598. The highest BCUT2D eigenvalue weighted by atomic mass is 32.2. The number of carbonyl (C=O) groups excluding carboxylic acids is 1. The SMILES string of the molecule is CC(C)(C)C(=O)CSc1nnc(-c2ccc3c(c2)OCO3)n1-c1ccccc1. The summed E-state index contributed by atoms with van der Waals surface area (Å²) in [4.78, 5) is 12.4. The Hall–Kier alpha value is -2.80. The monoisotopic (exact) mass is 395 g/mol. The predicted octanol–water partition coefficient (Wildman–Crippen LogP) is 4.37. The van der Waals surface area contributed by atoms with Crippen LogP contribution in [0.15, 0.2) is 53.7 Å². The molecule has 0 saturated heterocycles. The molecule has 0 fully saturated rings. The fourth-order valence-electron chi connectivity index (χ4n) is 2.74. The Morgan fingerprint density at radius 2 is 1.82 bits per heavy atom. The van der Waals surface area contributed by atoms with Gasteiger partial charge in [-0.25, -0.2) is 0 Å². The second-order valence-corrected chi connectivity index (χ2v) is 8.45. The van der Waals surface area contributed by atoms with E-state index >= 15 is 0 Å². The third-order valence-corrected chi connectivity index (χ3v) is 5.38. The minimum Gasteiger partial charge on any atom is -0.454 e. The normalized spacial score (nSPS) is 13.0. The lowest BCUT2D eigenvalue weighted by atomic mass is 9.92. The van der Waals surface area contributed by atoms with Crippen LogP contribution in [0.2, 0.25) is 0 Å². The van der Waals surface area contributed by atoms with E-state index in [0.717, 1.165) is 17.0 Å². The van der Waals surface area contributed by atoms with Crippen LogP contribution < -0.4 is 9.47 Å². The molecule has 0 N–H and O–H groups in total. The van der Waals surface area contributed by atoms with Gasteiger partial charge in [-0.1, -0.05) is 50.7 Å². The molecule has 1 aliphatic heterocycles. The fourth-order valence-corrected chi connectivity index (χ4v) is 3.86. The Kier molecular flexibility index (Phi) is 4.85. The van der Waals surface area contributed by atoms with Crippen molar-refractivity contribution in [1.29, 1.82) is 0 Å². The van der Waals surface area contributed by atoms with E-state index in [1.165, 1.54) is 11.8 Å². The van der Waals surface area contributed by atoms with E-state index < -0.39 is 0 Å². The lowest BCUT2D eigenvalue weighted by Gasteiger charge is -2.16. The van der Waals surface area contributed by atoms with E-state index in [0.29, 0.717) is 22.5 Å². The Labute approximate surface area is 167 Å². The number of Topliss-reactive ketones (excluding diaryl/α,β-unsaturated/α-hetero) is 1. The van der Waals surface area contributed by atoms with Crippen LogP contribution in [0.5, 0.6) is 11.5 Å². The van der Waals surface area contributed by atoms with Crippen LogP contribution >= 0.6 is 11.8 Å². The van der Waals surface area contributed by atoms with E-state index in [2.05, 4.69) is 10.2 Å². The molecule has 2 aromatic carbocycles. The number of fused-ring (bicyclic) bond motifs is 1. The Balaban J connectivity index is 1.73. The van der Waals surface area contributed by atoms with Crippen LogP contribution in [0.3, 0.4) is 0 Å². The Bertz CT molecular complexity index is 1010. The van der Waals surface area contributed by atoms with Gasteiger partial charge in [0, 0.05) is 16.7 Å². The minimum atomic E-state index is -0.384. The first-order valence-electron chi connectivity index (χ1n) is 9.00. The molecule has 6 nitrogen and oxygen atoms in total. The van der Waals surface area contributed by atoms with Gasteiger partial charge < -0.3 is 9.47 Å². The van der Waals surface area contributed by atoms with Crippen molar-refractivity contribution in [2.75, 3.05) is 12.5 Å².